The molecule has 0 fully saturated rings. The highest BCUT2D eigenvalue weighted by Gasteiger charge is 2.19. The molecular formula is C28H24N4O3. The number of ketones is 1. The lowest BCUT2D eigenvalue weighted by atomic mass is 10.1. The molecule has 5 aromatic rings. The van der Waals surface area contributed by atoms with E-state index < -0.39 is 0 Å². The second kappa shape index (κ2) is 9.02. The van der Waals surface area contributed by atoms with Crippen LogP contribution in [0.15, 0.2) is 83.8 Å². The van der Waals surface area contributed by atoms with Crippen molar-refractivity contribution in [2.45, 2.75) is 20.8 Å². The van der Waals surface area contributed by atoms with E-state index in [1.54, 1.807) is 42.1 Å². The molecule has 0 atom stereocenters. The average molecular weight is 465 g/mol. The Morgan fingerprint density at radius 2 is 1.69 bits per heavy atom. The normalized spacial score (nSPS) is 11.1. The summed E-state index contributed by atoms with van der Waals surface area (Å²) in [5, 5.41) is 4.69. The number of fused-ring (bicyclic) bond motifs is 1. The molecule has 2 aromatic carbocycles. The van der Waals surface area contributed by atoms with E-state index in [9.17, 15) is 9.59 Å². The lowest BCUT2D eigenvalue weighted by Crippen LogP contribution is -2.20. The second-order valence-corrected chi connectivity index (χ2v) is 8.44. The molecule has 3 aromatic heterocycles. The van der Waals surface area contributed by atoms with Crippen LogP contribution in [0.2, 0.25) is 0 Å². The lowest BCUT2D eigenvalue weighted by Gasteiger charge is -2.11. The van der Waals surface area contributed by atoms with E-state index in [0.717, 1.165) is 16.9 Å². The van der Waals surface area contributed by atoms with Gasteiger partial charge in [-0.15, -0.1) is 0 Å². The molecule has 0 radical (unpaired) electrons. The third-order valence-corrected chi connectivity index (χ3v) is 5.88. The molecule has 0 aliphatic heterocycles. The number of para-hydroxylation sites is 1. The van der Waals surface area contributed by atoms with Crippen molar-refractivity contribution in [2.24, 2.45) is 0 Å². The van der Waals surface area contributed by atoms with Crippen LogP contribution in [0.4, 0.5) is 0 Å². The van der Waals surface area contributed by atoms with E-state index in [-0.39, 0.29) is 17.9 Å². The summed E-state index contributed by atoms with van der Waals surface area (Å²) in [5.41, 5.74) is 5.09. The van der Waals surface area contributed by atoms with Crippen molar-refractivity contribution in [3.8, 4) is 22.7 Å². The van der Waals surface area contributed by atoms with E-state index in [2.05, 4.69) is 10.1 Å². The number of pyridine rings is 1. The number of carbonyl (C=O) groups excluding carboxylic acids is 1. The van der Waals surface area contributed by atoms with Gasteiger partial charge in [-0.2, -0.15) is 5.10 Å². The number of ether oxygens (including phenoxy) is 1. The van der Waals surface area contributed by atoms with Gasteiger partial charge in [0.2, 0.25) is 0 Å². The van der Waals surface area contributed by atoms with Crippen LogP contribution in [-0.4, -0.2) is 31.6 Å². The quantitative estimate of drug-likeness (QED) is 0.339. The van der Waals surface area contributed by atoms with E-state index in [0.29, 0.717) is 33.9 Å². The number of carbonyl (C=O) groups is 1. The molecule has 7 heteroatoms. The van der Waals surface area contributed by atoms with E-state index >= 15 is 0 Å². The number of Topliss-reactive ketones (excluding diaryl/α,β-unsaturated/α-hetero) is 1. The van der Waals surface area contributed by atoms with Crippen LogP contribution in [0.25, 0.3) is 22.6 Å². The first-order chi connectivity index (χ1) is 16.9. The fourth-order valence-electron chi connectivity index (χ4n) is 4.04. The molecule has 0 N–H and O–H groups in total. The van der Waals surface area contributed by atoms with Gasteiger partial charge in [-0.05, 0) is 51.1 Å². The summed E-state index contributed by atoms with van der Waals surface area (Å²) in [6.07, 6.45) is 1.64. The number of hydrogen-bond donors (Lipinski definition) is 0. The van der Waals surface area contributed by atoms with E-state index in [1.807, 2.05) is 62.4 Å². The third-order valence-electron chi connectivity index (χ3n) is 5.88. The van der Waals surface area contributed by atoms with Crippen molar-refractivity contribution in [3.05, 3.63) is 112 Å². The molecule has 3 heterocycles. The van der Waals surface area contributed by atoms with Crippen LogP contribution < -0.4 is 10.3 Å². The molecule has 0 unspecified atom stereocenters. The Balaban J connectivity index is 1.50. The predicted octanol–water partition coefficient (Wildman–Crippen LogP) is 4.73. The maximum Gasteiger partial charge on any atom is 0.267 e. The molecule has 0 bridgehead atoms. The van der Waals surface area contributed by atoms with Crippen LogP contribution in [0.5, 0.6) is 5.75 Å². The first-order valence-corrected chi connectivity index (χ1v) is 11.3. The van der Waals surface area contributed by atoms with E-state index in [4.69, 9.17) is 4.74 Å². The largest absolute Gasteiger partial charge is 0.482 e. The minimum Gasteiger partial charge on any atom is -0.482 e. The molecule has 0 amide bonds. The van der Waals surface area contributed by atoms with Crippen molar-refractivity contribution >= 4 is 11.4 Å². The third kappa shape index (κ3) is 4.24. The first kappa shape index (κ1) is 22.3. The zero-order valence-corrected chi connectivity index (χ0v) is 19.7. The predicted molar refractivity (Wildman–Crippen MR) is 134 cm³/mol. The zero-order valence-electron chi connectivity index (χ0n) is 19.7. The van der Waals surface area contributed by atoms with Crippen molar-refractivity contribution in [1.82, 2.24) is 19.2 Å². The Hall–Kier alpha value is -4.52. The van der Waals surface area contributed by atoms with Crippen molar-refractivity contribution in [1.29, 1.82) is 0 Å². The Morgan fingerprint density at radius 3 is 2.43 bits per heavy atom. The maximum atomic E-state index is 13.5. The van der Waals surface area contributed by atoms with Crippen LogP contribution in [0.1, 0.15) is 27.3 Å². The standard InChI is InChI=1S/C28H24N4O3/c1-18-11-13-21(14-12-18)24(33)17-35-25-10-7-15-31-27(25)29-20(3)26(28(31)34)23-16-19(2)32(30-23)22-8-5-4-6-9-22/h4-16H,17H2,1-3H3. The second-order valence-electron chi connectivity index (χ2n) is 8.44. The highest BCUT2D eigenvalue weighted by Crippen LogP contribution is 2.24. The monoisotopic (exact) mass is 464 g/mol. The highest BCUT2D eigenvalue weighted by molar-refractivity contribution is 5.97. The molecule has 174 valence electrons. The Labute approximate surface area is 202 Å². The van der Waals surface area contributed by atoms with Crippen LogP contribution in [0.3, 0.4) is 0 Å². The SMILES string of the molecule is Cc1ccc(C(=O)COc2cccn3c(=O)c(-c4cc(C)n(-c5ccccc5)n4)c(C)nc23)cc1. The van der Waals surface area contributed by atoms with Crippen LogP contribution in [0, 0.1) is 20.8 Å². The molecule has 5 rings (SSSR count). The average Bonchev–Trinajstić information content (AvgIpc) is 3.24. The molecular weight excluding hydrogens is 440 g/mol. The van der Waals surface area contributed by atoms with Gasteiger partial charge in [0.1, 0.15) is 5.69 Å². The first-order valence-electron chi connectivity index (χ1n) is 11.3. The van der Waals surface area contributed by atoms with Gasteiger partial charge in [0.05, 0.1) is 16.9 Å². The Bertz CT molecular complexity index is 1600. The zero-order chi connectivity index (χ0) is 24.5. The Morgan fingerprint density at radius 1 is 0.943 bits per heavy atom. The fraction of sp³-hybridized carbons (Fsp3) is 0.143. The maximum absolute atomic E-state index is 13.5. The summed E-state index contributed by atoms with van der Waals surface area (Å²) in [4.78, 5) is 30.7. The summed E-state index contributed by atoms with van der Waals surface area (Å²) >= 11 is 0. The number of benzene rings is 2. The highest BCUT2D eigenvalue weighted by atomic mass is 16.5. The molecule has 7 nitrogen and oxygen atoms in total. The van der Waals surface area contributed by atoms with Crippen LogP contribution >= 0.6 is 0 Å². The summed E-state index contributed by atoms with van der Waals surface area (Å²) < 4.78 is 9.05. The lowest BCUT2D eigenvalue weighted by molar-refractivity contribution is 0.0922. The fourth-order valence-corrected chi connectivity index (χ4v) is 4.04. The Kier molecular flexibility index (Phi) is 5.74. The molecule has 0 saturated heterocycles. The molecule has 0 saturated carbocycles. The summed E-state index contributed by atoms with van der Waals surface area (Å²) in [6, 6.07) is 22.4. The van der Waals surface area contributed by atoms with E-state index in [1.165, 1.54) is 4.40 Å². The molecule has 35 heavy (non-hydrogen) atoms. The van der Waals surface area contributed by atoms with Gasteiger partial charge in [0.25, 0.3) is 5.56 Å². The van der Waals surface area contributed by atoms with Crippen molar-refractivity contribution in [3.63, 3.8) is 0 Å². The number of aromatic nitrogens is 4. The van der Waals surface area contributed by atoms with Gasteiger partial charge in [0, 0.05) is 17.5 Å². The van der Waals surface area contributed by atoms with Crippen molar-refractivity contribution < 1.29 is 9.53 Å². The van der Waals surface area contributed by atoms with Gasteiger partial charge >= 0.3 is 0 Å². The number of nitrogens with zero attached hydrogens (tertiary/aromatic N) is 4. The number of aryl methyl sites for hydroxylation is 3. The number of hydrogen-bond acceptors (Lipinski definition) is 5. The van der Waals surface area contributed by atoms with Gasteiger partial charge in [-0.25, -0.2) is 9.67 Å². The minimum atomic E-state index is -0.250. The molecule has 0 aliphatic rings. The van der Waals surface area contributed by atoms with Crippen LogP contribution in [-0.2, 0) is 0 Å². The summed E-state index contributed by atoms with van der Waals surface area (Å²) in [7, 11) is 0. The van der Waals surface area contributed by atoms with Gasteiger partial charge in [0.15, 0.2) is 23.8 Å². The van der Waals surface area contributed by atoms with Gasteiger partial charge < -0.3 is 4.74 Å². The van der Waals surface area contributed by atoms with Gasteiger partial charge in [-0.1, -0.05) is 48.0 Å². The number of rotatable bonds is 6. The summed E-state index contributed by atoms with van der Waals surface area (Å²) in [5.74, 6) is 0.218. The molecule has 0 aliphatic carbocycles. The molecule has 0 spiro atoms. The summed E-state index contributed by atoms with van der Waals surface area (Å²) in [6.45, 7) is 5.54. The van der Waals surface area contributed by atoms with Gasteiger partial charge in [-0.3, -0.25) is 14.0 Å². The topological polar surface area (TPSA) is 78.5 Å². The minimum absolute atomic E-state index is 0.149. The van der Waals surface area contributed by atoms with Crippen molar-refractivity contribution in [2.75, 3.05) is 6.61 Å². The smallest absolute Gasteiger partial charge is 0.267 e.